The summed E-state index contributed by atoms with van der Waals surface area (Å²) in [5, 5.41) is 3.08. The first-order chi connectivity index (χ1) is 12.8. The molecule has 1 aliphatic heterocycles. The average Bonchev–Trinajstić information content (AvgIpc) is 2.66. The topological polar surface area (TPSA) is 75.7 Å². The first-order valence-corrected chi connectivity index (χ1v) is 9.64. The zero-order chi connectivity index (χ0) is 19.6. The van der Waals surface area contributed by atoms with E-state index in [0.717, 1.165) is 25.3 Å². The van der Waals surface area contributed by atoms with E-state index in [9.17, 15) is 22.0 Å². The number of nitrogens with one attached hydrogen (secondary N) is 1. The van der Waals surface area contributed by atoms with Crippen molar-refractivity contribution in [3.63, 3.8) is 0 Å². The summed E-state index contributed by atoms with van der Waals surface area (Å²) in [4.78, 5) is 11.3. The third kappa shape index (κ3) is 4.00. The van der Waals surface area contributed by atoms with Crippen LogP contribution in [-0.2, 0) is 14.8 Å². The molecule has 0 saturated carbocycles. The fourth-order valence-electron chi connectivity index (χ4n) is 3.05. The van der Waals surface area contributed by atoms with E-state index in [0.29, 0.717) is 12.1 Å². The molecule has 6 nitrogen and oxygen atoms in total. The van der Waals surface area contributed by atoms with Crippen molar-refractivity contribution in [1.29, 1.82) is 0 Å². The first-order valence-electron chi connectivity index (χ1n) is 8.20. The molecule has 9 heteroatoms. The molecule has 1 heterocycles. The van der Waals surface area contributed by atoms with E-state index < -0.39 is 33.7 Å². The molecule has 27 heavy (non-hydrogen) atoms. The van der Waals surface area contributed by atoms with Gasteiger partial charge in [-0.3, -0.25) is 0 Å². The number of halogens is 2. The summed E-state index contributed by atoms with van der Waals surface area (Å²) in [6.45, 7) is 0.791. The van der Waals surface area contributed by atoms with Crippen LogP contribution in [0.25, 0.3) is 0 Å². The van der Waals surface area contributed by atoms with Crippen LogP contribution in [0.1, 0.15) is 22.0 Å². The van der Waals surface area contributed by atoms with Crippen LogP contribution in [0.4, 0.5) is 8.78 Å². The average molecular weight is 396 g/mol. The molecular weight excluding hydrogens is 378 g/mol. The van der Waals surface area contributed by atoms with Crippen LogP contribution in [0.2, 0.25) is 0 Å². The van der Waals surface area contributed by atoms with Gasteiger partial charge in [-0.2, -0.15) is 4.31 Å². The Morgan fingerprint density at radius 1 is 1.19 bits per heavy atom. The highest BCUT2D eigenvalue weighted by Gasteiger charge is 2.35. The number of esters is 1. The number of sulfonamides is 1. The van der Waals surface area contributed by atoms with Crippen molar-refractivity contribution in [2.24, 2.45) is 0 Å². The van der Waals surface area contributed by atoms with Gasteiger partial charge in [0.2, 0.25) is 10.0 Å². The Bertz CT molecular complexity index is 966. The summed E-state index contributed by atoms with van der Waals surface area (Å²) in [6, 6.07) is 7.85. The van der Waals surface area contributed by atoms with Crippen molar-refractivity contribution < 1.29 is 26.7 Å². The molecular formula is C18H18F2N2O4S. The monoisotopic (exact) mass is 396 g/mol. The minimum absolute atomic E-state index is 0.119. The number of hydrogen-bond donors (Lipinski definition) is 1. The highest BCUT2D eigenvalue weighted by Crippen LogP contribution is 2.30. The van der Waals surface area contributed by atoms with Gasteiger partial charge in [-0.05, 0) is 35.9 Å². The second-order valence-corrected chi connectivity index (χ2v) is 7.95. The Kier molecular flexibility index (Phi) is 5.54. The van der Waals surface area contributed by atoms with Crippen LogP contribution in [0.3, 0.4) is 0 Å². The lowest BCUT2D eigenvalue weighted by atomic mass is 10.1. The maximum absolute atomic E-state index is 13.9. The number of methoxy groups -OCH3 is 1. The minimum Gasteiger partial charge on any atom is -0.465 e. The van der Waals surface area contributed by atoms with Gasteiger partial charge in [0, 0.05) is 19.6 Å². The zero-order valence-corrected chi connectivity index (χ0v) is 15.3. The number of hydrogen-bond acceptors (Lipinski definition) is 5. The Hall–Kier alpha value is -2.36. The van der Waals surface area contributed by atoms with Crippen molar-refractivity contribution in [2.75, 3.05) is 26.7 Å². The van der Waals surface area contributed by atoms with E-state index in [1.165, 1.54) is 22.5 Å². The summed E-state index contributed by atoms with van der Waals surface area (Å²) >= 11 is 0. The van der Waals surface area contributed by atoms with Crippen LogP contribution in [0.5, 0.6) is 0 Å². The minimum atomic E-state index is -4.14. The lowest BCUT2D eigenvalue weighted by molar-refractivity contribution is 0.0600. The smallest absolute Gasteiger partial charge is 0.337 e. The molecule has 144 valence electrons. The van der Waals surface area contributed by atoms with E-state index in [1.807, 2.05) is 0 Å². The largest absolute Gasteiger partial charge is 0.465 e. The van der Waals surface area contributed by atoms with Gasteiger partial charge in [0.05, 0.1) is 23.6 Å². The molecule has 0 aromatic heterocycles. The van der Waals surface area contributed by atoms with Gasteiger partial charge < -0.3 is 10.1 Å². The number of benzene rings is 2. The summed E-state index contributed by atoms with van der Waals surface area (Å²) in [7, 11) is -3.01. The van der Waals surface area contributed by atoms with E-state index in [-0.39, 0.29) is 23.5 Å². The zero-order valence-electron chi connectivity index (χ0n) is 14.5. The third-order valence-electron chi connectivity index (χ3n) is 4.33. The van der Waals surface area contributed by atoms with Gasteiger partial charge in [0.25, 0.3) is 0 Å². The predicted octanol–water partition coefficient (Wildman–Crippen LogP) is 2.09. The second kappa shape index (κ2) is 7.71. The molecule has 2 aromatic carbocycles. The van der Waals surface area contributed by atoms with Crippen LogP contribution >= 0.6 is 0 Å². The molecule has 0 bridgehead atoms. The molecule has 1 aliphatic rings. The molecule has 1 unspecified atom stereocenters. The fourth-order valence-corrected chi connectivity index (χ4v) is 4.73. The highest BCUT2D eigenvalue weighted by atomic mass is 32.2. The van der Waals surface area contributed by atoms with Crippen molar-refractivity contribution in [2.45, 2.75) is 10.9 Å². The molecule has 0 aliphatic carbocycles. The van der Waals surface area contributed by atoms with Gasteiger partial charge in [-0.25, -0.2) is 22.0 Å². The molecule has 1 saturated heterocycles. The van der Waals surface area contributed by atoms with Crippen LogP contribution < -0.4 is 5.32 Å². The summed E-state index contributed by atoms with van der Waals surface area (Å²) in [5.41, 5.74) is 0.281. The van der Waals surface area contributed by atoms with Crippen molar-refractivity contribution >= 4 is 16.0 Å². The van der Waals surface area contributed by atoms with Crippen molar-refractivity contribution in [1.82, 2.24) is 9.62 Å². The SMILES string of the molecule is COC(=O)c1cc(F)cc(S(=O)(=O)N2CCNCC2c2cccc(F)c2)c1. The number of carbonyl (C=O) groups is 1. The van der Waals surface area contributed by atoms with E-state index in [2.05, 4.69) is 10.1 Å². The van der Waals surface area contributed by atoms with E-state index >= 15 is 0 Å². The van der Waals surface area contributed by atoms with Crippen molar-refractivity contribution in [3.05, 3.63) is 65.2 Å². The standard InChI is InChI=1S/C18H18F2N2O4S/c1-26-18(23)13-8-15(20)10-16(9-13)27(24,25)22-6-5-21-11-17(22)12-3-2-4-14(19)7-12/h2-4,7-10,17,21H,5-6,11H2,1H3. The number of nitrogens with zero attached hydrogens (tertiary/aromatic N) is 1. The molecule has 0 spiro atoms. The Morgan fingerprint density at radius 2 is 1.96 bits per heavy atom. The molecule has 3 rings (SSSR count). The summed E-state index contributed by atoms with van der Waals surface area (Å²) in [6.07, 6.45) is 0. The maximum atomic E-state index is 13.9. The normalized spacial score (nSPS) is 18.3. The second-order valence-electron chi connectivity index (χ2n) is 6.06. The van der Waals surface area contributed by atoms with E-state index in [4.69, 9.17) is 0 Å². The van der Waals surface area contributed by atoms with Crippen LogP contribution in [-0.4, -0.2) is 45.4 Å². The highest BCUT2D eigenvalue weighted by molar-refractivity contribution is 7.89. The lowest BCUT2D eigenvalue weighted by Gasteiger charge is -2.35. The molecule has 1 fully saturated rings. The first kappa shape index (κ1) is 19.4. The number of piperazine rings is 1. The molecule has 1 N–H and O–H groups in total. The Morgan fingerprint density at radius 3 is 2.67 bits per heavy atom. The van der Waals surface area contributed by atoms with Gasteiger partial charge in [-0.15, -0.1) is 0 Å². The summed E-state index contributed by atoms with van der Waals surface area (Å²) in [5.74, 6) is -2.18. The predicted molar refractivity (Wildman–Crippen MR) is 93.6 cm³/mol. The Balaban J connectivity index is 2.04. The van der Waals surface area contributed by atoms with Crippen LogP contribution in [0, 0.1) is 11.6 Å². The lowest BCUT2D eigenvalue weighted by Crippen LogP contribution is -2.48. The number of carbonyl (C=O) groups excluding carboxylic acids is 1. The quantitative estimate of drug-likeness (QED) is 0.801. The fraction of sp³-hybridized carbons (Fsp3) is 0.278. The van der Waals surface area contributed by atoms with Gasteiger partial charge in [-0.1, -0.05) is 12.1 Å². The van der Waals surface area contributed by atoms with Gasteiger partial charge in [0.1, 0.15) is 11.6 Å². The van der Waals surface area contributed by atoms with E-state index in [1.54, 1.807) is 6.07 Å². The third-order valence-corrected chi connectivity index (χ3v) is 6.21. The molecule has 2 aromatic rings. The molecule has 0 radical (unpaired) electrons. The summed E-state index contributed by atoms with van der Waals surface area (Å²) < 4.78 is 59.6. The Labute approximate surface area is 155 Å². The van der Waals surface area contributed by atoms with Gasteiger partial charge in [0.15, 0.2) is 0 Å². The number of rotatable bonds is 4. The molecule has 1 atom stereocenters. The van der Waals surface area contributed by atoms with Crippen molar-refractivity contribution in [3.8, 4) is 0 Å². The van der Waals surface area contributed by atoms with Crippen LogP contribution in [0.15, 0.2) is 47.4 Å². The maximum Gasteiger partial charge on any atom is 0.337 e. The van der Waals surface area contributed by atoms with Gasteiger partial charge >= 0.3 is 5.97 Å². The molecule has 0 amide bonds. The number of ether oxygens (including phenoxy) is 1.